The van der Waals surface area contributed by atoms with E-state index in [0.29, 0.717) is 18.2 Å². The van der Waals surface area contributed by atoms with E-state index in [9.17, 15) is 12.8 Å². The van der Waals surface area contributed by atoms with E-state index < -0.39 is 15.8 Å². The molecule has 0 radical (unpaired) electrons. The molecular weight excluding hydrogens is 281 g/mol. The summed E-state index contributed by atoms with van der Waals surface area (Å²) in [6, 6.07) is 4.22. The molecule has 5 nitrogen and oxygen atoms in total. The van der Waals surface area contributed by atoms with Crippen LogP contribution in [0.4, 0.5) is 4.39 Å². The Labute approximate surface area is 120 Å². The van der Waals surface area contributed by atoms with E-state index in [2.05, 4.69) is 4.72 Å². The molecule has 0 saturated heterocycles. The summed E-state index contributed by atoms with van der Waals surface area (Å²) in [5.41, 5.74) is 5.94. The number of halogens is 1. The predicted molar refractivity (Wildman–Crippen MR) is 77.2 cm³/mol. The van der Waals surface area contributed by atoms with E-state index in [4.69, 9.17) is 5.73 Å². The first kappa shape index (κ1) is 17.0. The van der Waals surface area contributed by atoms with Crippen LogP contribution in [0.15, 0.2) is 23.1 Å². The highest BCUT2D eigenvalue weighted by Crippen LogP contribution is 2.15. The van der Waals surface area contributed by atoms with Gasteiger partial charge in [0.2, 0.25) is 10.0 Å². The van der Waals surface area contributed by atoms with Crippen molar-refractivity contribution in [1.82, 2.24) is 9.62 Å². The molecule has 114 valence electrons. The second-order valence-electron chi connectivity index (χ2n) is 4.94. The third-order valence-corrected chi connectivity index (χ3v) is 4.65. The lowest BCUT2D eigenvalue weighted by molar-refractivity contribution is 0.278. The first-order chi connectivity index (χ1) is 9.27. The average Bonchev–Trinajstić information content (AvgIpc) is 2.37. The third kappa shape index (κ3) is 4.52. The van der Waals surface area contributed by atoms with Crippen LogP contribution in [0.5, 0.6) is 0 Å². The SMILES string of the molecule is CC(C)N(C)CCNS(=O)(=O)c1ccc(CN)cc1F. The molecule has 1 aromatic carbocycles. The molecule has 0 saturated carbocycles. The zero-order valence-corrected chi connectivity index (χ0v) is 12.9. The Kier molecular flexibility index (Phi) is 6.07. The van der Waals surface area contributed by atoms with E-state index in [1.807, 2.05) is 25.8 Å². The molecule has 1 aromatic rings. The summed E-state index contributed by atoms with van der Waals surface area (Å²) in [5, 5.41) is 0. The molecule has 0 fully saturated rings. The number of nitrogens with two attached hydrogens (primary N) is 1. The van der Waals surface area contributed by atoms with Crippen molar-refractivity contribution in [2.24, 2.45) is 5.73 Å². The Morgan fingerprint density at radius 2 is 2.05 bits per heavy atom. The van der Waals surface area contributed by atoms with Gasteiger partial charge in [-0.25, -0.2) is 17.5 Å². The second kappa shape index (κ2) is 7.12. The lowest BCUT2D eigenvalue weighted by Crippen LogP contribution is -2.36. The van der Waals surface area contributed by atoms with E-state index in [-0.39, 0.29) is 18.0 Å². The molecule has 0 bridgehead atoms. The predicted octanol–water partition coefficient (Wildman–Crippen LogP) is 0.903. The van der Waals surface area contributed by atoms with Crippen LogP contribution in [0.1, 0.15) is 19.4 Å². The Bertz CT molecular complexity index is 547. The fourth-order valence-electron chi connectivity index (χ4n) is 1.58. The van der Waals surface area contributed by atoms with Crippen LogP contribution < -0.4 is 10.5 Å². The van der Waals surface area contributed by atoms with Crippen LogP contribution in [-0.4, -0.2) is 39.5 Å². The maximum atomic E-state index is 13.8. The summed E-state index contributed by atoms with van der Waals surface area (Å²) < 4.78 is 40.2. The van der Waals surface area contributed by atoms with Crippen molar-refractivity contribution in [1.29, 1.82) is 0 Å². The van der Waals surface area contributed by atoms with Crippen LogP contribution in [-0.2, 0) is 16.6 Å². The number of nitrogens with one attached hydrogen (secondary N) is 1. The molecule has 0 aliphatic heterocycles. The minimum absolute atomic E-state index is 0.170. The molecule has 0 aromatic heterocycles. The molecular formula is C13H22FN3O2S. The lowest BCUT2D eigenvalue weighted by atomic mass is 10.2. The molecule has 0 amide bonds. The number of rotatable bonds is 7. The molecule has 7 heteroatoms. The normalized spacial score (nSPS) is 12.3. The van der Waals surface area contributed by atoms with Gasteiger partial charge in [-0.2, -0.15) is 0 Å². The summed E-state index contributed by atoms with van der Waals surface area (Å²) in [4.78, 5) is 1.65. The summed E-state index contributed by atoms with van der Waals surface area (Å²) in [7, 11) is -1.93. The minimum Gasteiger partial charge on any atom is -0.326 e. The van der Waals surface area contributed by atoms with Crippen molar-refractivity contribution < 1.29 is 12.8 Å². The van der Waals surface area contributed by atoms with Crippen molar-refractivity contribution in [2.45, 2.75) is 31.3 Å². The monoisotopic (exact) mass is 303 g/mol. The summed E-state index contributed by atoms with van der Waals surface area (Å²) in [5.74, 6) is -0.780. The highest BCUT2D eigenvalue weighted by molar-refractivity contribution is 7.89. The van der Waals surface area contributed by atoms with Gasteiger partial charge in [-0.3, -0.25) is 0 Å². The minimum atomic E-state index is -3.83. The van der Waals surface area contributed by atoms with Crippen LogP contribution in [0.25, 0.3) is 0 Å². The number of sulfonamides is 1. The number of nitrogens with zero attached hydrogens (tertiary/aromatic N) is 1. The zero-order chi connectivity index (χ0) is 15.3. The van der Waals surface area contributed by atoms with Gasteiger partial charge in [-0.15, -0.1) is 0 Å². The van der Waals surface area contributed by atoms with Gasteiger partial charge in [-0.1, -0.05) is 6.07 Å². The Balaban J connectivity index is 2.74. The van der Waals surface area contributed by atoms with Gasteiger partial charge in [0.05, 0.1) is 0 Å². The molecule has 0 spiro atoms. The Morgan fingerprint density at radius 1 is 1.40 bits per heavy atom. The van der Waals surface area contributed by atoms with Crippen LogP contribution >= 0.6 is 0 Å². The Hall–Kier alpha value is -1.02. The third-order valence-electron chi connectivity index (χ3n) is 3.16. The first-order valence-electron chi connectivity index (χ1n) is 6.46. The number of hydrogen-bond acceptors (Lipinski definition) is 4. The zero-order valence-electron chi connectivity index (χ0n) is 12.1. The van der Waals surface area contributed by atoms with Gasteiger partial charge in [0, 0.05) is 25.7 Å². The second-order valence-corrected chi connectivity index (χ2v) is 6.68. The molecule has 0 heterocycles. The lowest BCUT2D eigenvalue weighted by Gasteiger charge is -2.20. The van der Waals surface area contributed by atoms with Gasteiger partial charge in [0.25, 0.3) is 0 Å². The molecule has 0 aliphatic rings. The standard InChI is InChI=1S/C13H22FN3O2S/c1-10(2)17(3)7-6-16-20(18,19)13-5-4-11(9-15)8-12(13)14/h4-5,8,10,16H,6-7,9,15H2,1-3H3. The molecule has 20 heavy (non-hydrogen) atoms. The molecule has 3 N–H and O–H groups in total. The van der Waals surface area contributed by atoms with E-state index in [0.717, 1.165) is 6.07 Å². The Morgan fingerprint density at radius 3 is 2.55 bits per heavy atom. The maximum Gasteiger partial charge on any atom is 0.243 e. The topological polar surface area (TPSA) is 75.4 Å². The van der Waals surface area contributed by atoms with Crippen molar-refractivity contribution in [2.75, 3.05) is 20.1 Å². The van der Waals surface area contributed by atoms with Crippen molar-refractivity contribution in [3.63, 3.8) is 0 Å². The quantitative estimate of drug-likeness (QED) is 0.785. The summed E-state index contributed by atoms with van der Waals surface area (Å²) >= 11 is 0. The van der Waals surface area contributed by atoms with Crippen molar-refractivity contribution in [3.05, 3.63) is 29.6 Å². The summed E-state index contributed by atoms with van der Waals surface area (Å²) in [6.07, 6.45) is 0. The average molecular weight is 303 g/mol. The van der Waals surface area contributed by atoms with Crippen LogP contribution in [0.3, 0.4) is 0 Å². The van der Waals surface area contributed by atoms with Crippen molar-refractivity contribution >= 4 is 10.0 Å². The largest absolute Gasteiger partial charge is 0.326 e. The van der Waals surface area contributed by atoms with Crippen LogP contribution in [0, 0.1) is 5.82 Å². The molecule has 1 rings (SSSR count). The van der Waals surface area contributed by atoms with Crippen molar-refractivity contribution in [3.8, 4) is 0 Å². The fraction of sp³-hybridized carbons (Fsp3) is 0.538. The molecule has 0 aliphatic carbocycles. The molecule has 0 atom stereocenters. The van der Waals surface area contributed by atoms with Gasteiger partial charge in [-0.05, 0) is 38.6 Å². The highest BCUT2D eigenvalue weighted by atomic mass is 32.2. The number of hydrogen-bond donors (Lipinski definition) is 2. The number of likely N-dealkylation sites (N-methyl/N-ethyl adjacent to an activating group) is 1. The van der Waals surface area contributed by atoms with Gasteiger partial charge in [0.15, 0.2) is 0 Å². The van der Waals surface area contributed by atoms with Crippen LogP contribution in [0.2, 0.25) is 0 Å². The van der Waals surface area contributed by atoms with E-state index in [1.165, 1.54) is 12.1 Å². The maximum absolute atomic E-state index is 13.8. The fourth-order valence-corrected chi connectivity index (χ4v) is 2.66. The first-order valence-corrected chi connectivity index (χ1v) is 7.94. The number of benzene rings is 1. The van der Waals surface area contributed by atoms with Gasteiger partial charge >= 0.3 is 0 Å². The smallest absolute Gasteiger partial charge is 0.243 e. The van der Waals surface area contributed by atoms with Gasteiger partial charge in [0.1, 0.15) is 10.7 Å². The summed E-state index contributed by atoms with van der Waals surface area (Å²) in [6.45, 7) is 4.98. The van der Waals surface area contributed by atoms with E-state index in [1.54, 1.807) is 0 Å². The molecule has 0 unspecified atom stereocenters. The van der Waals surface area contributed by atoms with Gasteiger partial charge < -0.3 is 10.6 Å². The highest BCUT2D eigenvalue weighted by Gasteiger charge is 2.19. The van der Waals surface area contributed by atoms with E-state index >= 15 is 0 Å².